The van der Waals surface area contributed by atoms with Gasteiger partial charge in [0.05, 0.1) is 18.8 Å². The molecule has 0 radical (unpaired) electrons. The molecule has 0 heterocycles. The van der Waals surface area contributed by atoms with Gasteiger partial charge in [-0.3, -0.25) is 4.79 Å². The second-order valence-electron chi connectivity index (χ2n) is 10.5. The molecule has 0 N–H and O–H groups in total. The number of benzene rings is 3. The third-order valence-electron chi connectivity index (χ3n) is 6.81. The molecule has 43 heavy (non-hydrogen) atoms. The topological polar surface area (TPSA) is 78.9 Å². The smallest absolute Gasteiger partial charge is 0.343 e. The number of ether oxygens (including phenoxy) is 3. The van der Waals surface area contributed by atoms with Gasteiger partial charge >= 0.3 is 11.9 Å². The zero-order chi connectivity index (χ0) is 30.7. The van der Waals surface area contributed by atoms with Crippen LogP contribution in [-0.4, -0.2) is 30.9 Å². The van der Waals surface area contributed by atoms with Gasteiger partial charge < -0.3 is 14.2 Å². The van der Waals surface area contributed by atoms with Gasteiger partial charge in [0.2, 0.25) is 0 Å². The molecule has 0 saturated carbocycles. The normalized spacial score (nSPS) is 10.8. The molecule has 6 heteroatoms. The summed E-state index contributed by atoms with van der Waals surface area (Å²) in [6.07, 6.45) is 13.4. The van der Waals surface area contributed by atoms with Crippen LogP contribution in [0.4, 0.5) is 0 Å². The van der Waals surface area contributed by atoms with Crippen molar-refractivity contribution in [2.24, 2.45) is 0 Å². The lowest BCUT2D eigenvalue weighted by molar-refractivity contribution is -0.139. The van der Waals surface area contributed by atoms with Crippen molar-refractivity contribution in [3.05, 3.63) is 114 Å². The first-order valence-corrected chi connectivity index (χ1v) is 15.1. The fraction of sp³-hybridized carbons (Fsp3) is 0.324. The molecule has 0 fully saturated rings. The molecule has 3 aromatic rings. The summed E-state index contributed by atoms with van der Waals surface area (Å²) in [5.74, 6) is 0.343. The van der Waals surface area contributed by atoms with Crippen LogP contribution in [0.5, 0.6) is 11.5 Å². The highest BCUT2D eigenvalue weighted by Gasteiger charge is 2.09. The summed E-state index contributed by atoms with van der Waals surface area (Å²) >= 11 is 0. The van der Waals surface area contributed by atoms with Crippen molar-refractivity contribution in [3.8, 4) is 11.5 Å². The van der Waals surface area contributed by atoms with Crippen LogP contribution in [0.15, 0.2) is 97.1 Å². The van der Waals surface area contributed by atoms with E-state index in [-0.39, 0.29) is 11.8 Å². The van der Waals surface area contributed by atoms with Gasteiger partial charge in [0, 0.05) is 11.1 Å². The number of hydrogen-bond donors (Lipinski definition) is 0. The maximum atomic E-state index is 12.6. The molecular formula is C37H42O6. The van der Waals surface area contributed by atoms with E-state index in [4.69, 9.17) is 14.2 Å². The summed E-state index contributed by atoms with van der Waals surface area (Å²) in [6, 6.07) is 23.1. The van der Waals surface area contributed by atoms with E-state index in [1.54, 1.807) is 73.7 Å². The van der Waals surface area contributed by atoms with Crippen LogP contribution in [0.3, 0.4) is 0 Å². The van der Waals surface area contributed by atoms with E-state index >= 15 is 0 Å². The lowest BCUT2D eigenvalue weighted by atomic mass is 10.1. The number of carbonyl (C=O) groups excluding carboxylic acids is 3. The summed E-state index contributed by atoms with van der Waals surface area (Å²) in [7, 11) is 0. The summed E-state index contributed by atoms with van der Waals surface area (Å²) in [6.45, 7) is 6.36. The second kappa shape index (κ2) is 18.9. The predicted octanol–water partition coefficient (Wildman–Crippen LogP) is 8.81. The average molecular weight is 583 g/mol. The van der Waals surface area contributed by atoms with Crippen LogP contribution in [0.25, 0.3) is 6.08 Å². The minimum atomic E-state index is -0.444. The van der Waals surface area contributed by atoms with Crippen molar-refractivity contribution in [2.45, 2.75) is 64.7 Å². The van der Waals surface area contributed by atoms with Gasteiger partial charge in [0.1, 0.15) is 11.5 Å². The Labute approximate surface area is 255 Å². The summed E-state index contributed by atoms with van der Waals surface area (Å²) in [5, 5.41) is 0. The molecule has 0 unspecified atom stereocenters. The lowest BCUT2D eigenvalue weighted by Crippen LogP contribution is -2.08. The van der Waals surface area contributed by atoms with E-state index in [0.717, 1.165) is 37.0 Å². The van der Waals surface area contributed by atoms with E-state index < -0.39 is 5.97 Å². The van der Waals surface area contributed by atoms with E-state index in [0.29, 0.717) is 35.7 Å². The van der Waals surface area contributed by atoms with E-state index in [2.05, 4.69) is 6.58 Å². The number of esters is 2. The molecule has 0 amide bonds. The number of carbonyl (C=O) groups is 3. The maximum absolute atomic E-state index is 12.6. The Bertz CT molecular complexity index is 1320. The molecule has 0 aliphatic heterocycles. The number of ketones is 1. The largest absolute Gasteiger partial charge is 0.494 e. The Balaban J connectivity index is 1.24. The number of unbranched alkanes of at least 4 members (excludes halogenated alkanes) is 8. The molecule has 0 atom stereocenters. The number of allylic oxidation sites excluding steroid dienone is 1. The molecule has 3 rings (SSSR count). The maximum Gasteiger partial charge on any atom is 0.343 e. The van der Waals surface area contributed by atoms with Gasteiger partial charge in [-0.25, -0.2) is 9.59 Å². The first-order chi connectivity index (χ1) is 20.9. The summed E-state index contributed by atoms with van der Waals surface area (Å²) < 4.78 is 16.4. The zero-order valence-electron chi connectivity index (χ0n) is 25.1. The highest BCUT2D eigenvalue weighted by atomic mass is 16.5. The van der Waals surface area contributed by atoms with Crippen LogP contribution in [0.1, 0.15) is 91.0 Å². The fourth-order valence-electron chi connectivity index (χ4n) is 4.29. The zero-order valence-corrected chi connectivity index (χ0v) is 25.1. The van der Waals surface area contributed by atoms with Crippen molar-refractivity contribution < 1.29 is 28.6 Å². The van der Waals surface area contributed by atoms with Crippen molar-refractivity contribution in [3.63, 3.8) is 0 Å². The summed E-state index contributed by atoms with van der Waals surface area (Å²) in [4.78, 5) is 36.1. The van der Waals surface area contributed by atoms with E-state index in [9.17, 15) is 14.4 Å². The Kier molecular flexibility index (Phi) is 14.5. The molecule has 0 saturated heterocycles. The molecule has 0 aliphatic rings. The van der Waals surface area contributed by atoms with Crippen LogP contribution >= 0.6 is 0 Å². The molecule has 0 spiro atoms. The molecular weight excluding hydrogens is 540 g/mol. The minimum absolute atomic E-state index is 0.0693. The first-order valence-electron chi connectivity index (χ1n) is 15.1. The average Bonchev–Trinajstić information content (AvgIpc) is 3.03. The number of rotatable bonds is 19. The molecule has 0 aromatic heterocycles. The van der Waals surface area contributed by atoms with Crippen molar-refractivity contribution >= 4 is 23.8 Å². The first kappa shape index (κ1) is 33.1. The van der Waals surface area contributed by atoms with Gasteiger partial charge in [0.15, 0.2) is 5.78 Å². The summed E-state index contributed by atoms with van der Waals surface area (Å²) in [5.41, 5.74) is 2.36. The van der Waals surface area contributed by atoms with Crippen molar-refractivity contribution in [2.75, 3.05) is 13.2 Å². The van der Waals surface area contributed by atoms with Crippen LogP contribution in [-0.2, 0) is 9.53 Å². The standard InChI is InChI=1S/C37H42O6/c1-29(2)36(39)42-28-14-9-7-5-3-4-6-8-13-27-41-33-24-20-32(21-25-33)37(40)43-34-22-17-30(18-23-34)19-26-35(38)31-15-11-10-12-16-31/h10-12,15-26H,1,3-9,13-14,27-28H2,2H3/b26-19+. The highest BCUT2D eigenvalue weighted by Crippen LogP contribution is 2.18. The van der Waals surface area contributed by atoms with Gasteiger partial charge in [-0.2, -0.15) is 0 Å². The molecule has 226 valence electrons. The molecule has 0 bridgehead atoms. The van der Waals surface area contributed by atoms with Crippen molar-refractivity contribution in [1.29, 1.82) is 0 Å². The van der Waals surface area contributed by atoms with Crippen LogP contribution < -0.4 is 9.47 Å². The van der Waals surface area contributed by atoms with E-state index in [1.807, 2.05) is 18.2 Å². The molecule has 3 aromatic carbocycles. The minimum Gasteiger partial charge on any atom is -0.494 e. The Hall–Kier alpha value is -4.45. The fourth-order valence-corrected chi connectivity index (χ4v) is 4.29. The monoisotopic (exact) mass is 582 g/mol. The van der Waals surface area contributed by atoms with Crippen LogP contribution in [0.2, 0.25) is 0 Å². The van der Waals surface area contributed by atoms with E-state index in [1.165, 1.54) is 38.2 Å². The quantitative estimate of drug-likeness (QED) is 0.0462. The lowest BCUT2D eigenvalue weighted by Gasteiger charge is -2.08. The van der Waals surface area contributed by atoms with Gasteiger partial charge in [-0.15, -0.1) is 0 Å². The van der Waals surface area contributed by atoms with Gasteiger partial charge in [0.25, 0.3) is 0 Å². The number of hydrogen-bond acceptors (Lipinski definition) is 6. The Morgan fingerprint density at radius 1 is 0.651 bits per heavy atom. The SMILES string of the molecule is C=C(C)C(=O)OCCCCCCCCCCCOc1ccc(C(=O)Oc2ccc(/C=C/C(=O)c3ccccc3)cc2)cc1. The third-order valence-corrected chi connectivity index (χ3v) is 6.81. The van der Waals surface area contributed by atoms with Gasteiger partial charge in [-0.1, -0.05) is 100 Å². The predicted molar refractivity (Wildman–Crippen MR) is 170 cm³/mol. The van der Waals surface area contributed by atoms with Crippen LogP contribution in [0, 0.1) is 0 Å². The Morgan fingerprint density at radius 3 is 1.81 bits per heavy atom. The molecule has 6 nitrogen and oxygen atoms in total. The van der Waals surface area contributed by atoms with Crippen molar-refractivity contribution in [1.82, 2.24) is 0 Å². The Morgan fingerprint density at radius 2 is 1.21 bits per heavy atom. The third kappa shape index (κ3) is 12.9. The van der Waals surface area contributed by atoms with Gasteiger partial charge in [-0.05, 0) is 67.8 Å². The second-order valence-corrected chi connectivity index (χ2v) is 10.5. The highest BCUT2D eigenvalue weighted by molar-refractivity contribution is 6.06. The molecule has 0 aliphatic carbocycles.